The van der Waals surface area contributed by atoms with Crippen LogP contribution in [0.4, 0.5) is 4.39 Å². The van der Waals surface area contributed by atoms with Crippen LogP contribution in [0.3, 0.4) is 0 Å². The van der Waals surface area contributed by atoms with E-state index in [1.54, 1.807) is 0 Å². The van der Waals surface area contributed by atoms with Crippen molar-refractivity contribution in [3.63, 3.8) is 0 Å². The molecule has 0 atom stereocenters. The molecule has 0 fully saturated rings. The first-order valence-corrected chi connectivity index (χ1v) is 7.83. The Hall–Kier alpha value is -1.92. The third kappa shape index (κ3) is 3.59. The van der Waals surface area contributed by atoms with Crippen LogP contribution in [0.25, 0.3) is 0 Å². The molecule has 0 amide bonds. The van der Waals surface area contributed by atoms with Crippen LogP contribution in [0.15, 0.2) is 47.4 Å². The van der Waals surface area contributed by atoms with Crippen LogP contribution in [0.1, 0.15) is 15.9 Å². The molecule has 2 aromatic rings. The standard InChI is InChI=1S/C14H10ClFO4S/c15-12-7-11(4-5-13(12)16)21(19,20)8-9-2-1-3-10(6-9)14(17)18/h1-7H,8H2,(H,17,18). The summed E-state index contributed by atoms with van der Waals surface area (Å²) in [5, 5.41) is 8.60. The summed E-state index contributed by atoms with van der Waals surface area (Å²) in [7, 11) is -3.74. The normalized spacial score (nSPS) is 11.3. The van der Waals surface area contributed by atoms with E-state index >= 15 is 0 Å². The molecule has 21 heavy (non-hydrogen) atoms. The first kappa shape index (κ1) is 15.5. The largest absolute Gasteiger partial charge is 0.478 e. The van der Waals surface area contributed by atoms with E-state index < -0.39 is 27.4 Å². The molecule has 2 rings (SSSR count). The van der Waals surface area contributed by atoms with E-state index in [1.807, 2.05) is 0 Å². The molecule has 4 nitrogen and oxygen atoms in total. The van der Waals surface area contributed by atoms with Crippen molar-refractivity contribution in [2.45, 2.75) is 10.6 Å². The van der Waals surface area contributed by atoms with Gasteiger partial charge in [0.05, 0.1) is 21.2 Å². The van der Waals surface area contributed by atoms with Gasteiger partial charge < -0.3 is 5.11 Å². The number of carboxylic acid groups (broad SMARTS) is 1. The van der Waals surface area contributed by atoms with Gasteiger partial charge in [-0.25, -0.2) is 17.6 Å². The van der Waals surface area contributed by atoms with Gasteiger partial charge in [-0.3, -0.25) is 0 Å². The maximum atomic E-state index is 13.1. The van der Waals surface area contributed by atoms with Crippen molar-refractivity contribution in [2.75, 3.05) is 0 Å². The van der Waals surface area contributed by atoms with Gasteiger partial charge in [0, 0.05) is 0 Å². The van der Waals surface area contributed by atoms with Gasteiger partial charge in [-0.05, 0) is 35.9 Å². The predicted molar refractivity (Wildman–Crippen MR) is 75.7 cm³/mol. The molecule has 0 aromatic heterocycles. The Balaban J connectivity index is 2.35. The average Bonchev–Trinajstić information content (AvgIpc) is 2.41. The topological polar surface area (TPSA) is 71.4 Å². The molecule has 2 aromatic carbocycles. The number of aromatic carboxylic acids is 1. The fourth-order valence-electron chi connectivity index (χ4n) is 1.77. The number of hydrogen-bond donors (Lipinski definition) is 1. The van der Waals surface area contributed by atoms with Crippen molar-refractivity contribution in [3.8, 4) is 0 Å². The second kappa shape index (κ2) is 5.83. The number of hydrogen-bond acceptors (Lipinski definition) is 3. The Morgan fingerprint density at radius 3 is 2.52 bits per heavy atom. The van der Waals surface area contributed by atoms with Gasteiger partial charge in [0.2, 0.25) is 0 Å². The van der Waals surface area contributed by atoms with Gasteiger partial charge in [0.15, 0.2) is 9.84 Å². The summed E-state index contributed by atoms with van der Waals surface area (Å²) in [6.45, 7) is 0. The number of halogens is 2. The van der Waals surface area contributed by atoms with Crippen molar-refractivity contribution in [1.82, 2.24) is 0 Å². The van der Waals surface area contributed by atoms with Gasteiger partial charge in [-0.1, -0.05) is 23.7 Å². The number of carbonyl (C=O) groups is 1. The Morgan fingerprint density at radius 2 is 1.90 bits per heavy atom. The lowest BCUT2D eigenvalue weighted by atomic mass is 10.1. The van der Waals surface area contributed by atoms with E-state index in [0.29, 0.717) is 5.56 Å². The van der Waals surface area contributed by atoms with Gasteiger partial charge in [0.25, 0.3) is 0 Å². The Kier molecular flexibility index (Phi) is 4.29. The average molecular weight is 329 g/mol. The first-order valence-electron chi connectivity index (χ1n) is 5.79. The summed E-state index contributed by atoms with van der Waals surface area (Å²) < 4.78 is 37.5. The molecule has 0 aliphatic rings. The third-order valence-corrected chi connectivity index (χ3v) is 4.76. The van der Waals surface area contributed by atoms with Crippen LogP contribution in [0, 0.1) is 5.82 Å². The third-order valence-electron chi connectivity index (χ3n) is 2.78. The molecule has 110 valence electrons. The molecule has 1 N–H and O–H groups in total. The zero-order chi connectivity index (χ0) is 15.6. The summed E-state index contributed by atoms with van der Waals surface area (Å²) in [6, 6.07) is 8.76. The van der Waals surface area contributed by atoms with Gasteiger partial charge in [0.1, 0.15) is 5.82 Å². The number of carboxylic acids is 1. The number of sulfone groups is 1. The minimum atomic E-state index is -3.74. The van der Waals surface area contributed by atoms with Gasteiger partial charge in [-0.15, -0.1) is 0 Å². The van der Waals surface area contributed by atoms with Crippen LogP contribution in [0.5, 0.6) is 0 Å². The molecule has 0 heterocycles. The zero-order valence-corrected chi connectivity index (χ0v) is 12.2. The summed E-state index contributed by atoms with van der Waals surface area (Å²) in [4.78, 5) is 10.7. The number of rotatable bonds is 4. The molecule has 0 saturated heterocycles. The SMILES string of the molecule is O=C(O)c1cccc(CS(=O)(=O)c2ccc(F)c(Cl)c2)c1. The van der Waals surface area contributed by atoms with E-state index in [9.17, 15) is 17.6 Å². The quantitative estimate of drug-likeness (QED) is 0.875. The van der Waals surface area contributed by atoms with Gasteiger partial charge >= 0.3 is 5.97 Å². The molecular weight excluding hydrogens is 319 g/mol. The van der Waals surface area contributed by atoms with E-state index in [1.165, 1.54) is 24.3 Å². The lowest BCUT2D eigenvalue weighted by molar-refractivity contribution is 0.0696. The first-order chi connectivity index (χ1) is 9.79. The van der Waals surface area contributed by atoms with Crippen LogP contribution < -0.4 is 0 Å². The Bertz CT molecular complexity index is 802. The van der Waals surface area contributed by atoms with Crippen molar-refractivity contribution in [3.05, 3.63) is 64.4 Å². The molecular formula is C14H10ClFO4S. The molecule has 0 radical (unpaired) electrons. The lowest BCUT2D eigenvalue weighted by Crippen LogP contribution is -2.06. The Morgan fingerprint density at radius 1 is 1.19 bits per heavy atom. The van der Waals surface area contributed by atoms with Crippen molar-refractivity contribution >= 4 is 27.4 Å². The highest BCUT2D eigenvalue weighted by molar-refractivity contribution is 7.90. The smallest absolute Gasteiger partial charge is 0.335 e. The minimum absolute atomic E-state index is 0.000150. The van der Waals surface area contributed by atoms with E-state index in [0.717, 1.165) is 18.2 Å². The fourth-order valence-corrected chi connectivity index (χ4v) is 3.37. The van der Waals surface area contributed by atoms with Crippen LogP contribution in [-0.4, -0.2) is 19.5 Å². The monoisotopic (exact) mass is 328 g/mol. The highest BCUT2D eigenvalue weighted by Crippen LogP contribution is 2.22. The van der Waals surface area contributed by atoms with Gasteiger partial charge in [-0.2, -0.15) is 0 Å². The highest BCUT2D eigenvalue weighted by atomic mass is 35.5. The second-order valence-corrected chi connectivity index (χ2v) is 6.74. The minimum Gasteiger partial charge on any atom is -0.478 e. The zero-order valence-electron chi connectivity index (χ0n) is 10.6. The molecule has 0 bridgehead atoms. The Labute approximate surface area is 125 Å². The molecule has 0 unspecified atom stereocenters. The van der Waals surface area contributed by atoms with E-state index in [-0.39, 0.29) is 15.5 Å². The summed E-state index contributed by atoms with van der Waals surface area (Å²) in [5.41, 5.74) is 0.329. The van der Waals surface area contributed by atoms with Crippen molar-refractivity contribution in [1.29, 1.82) is 0 Å². The highest BCUT2D eigenvalue weighted by Gasteiger charge is 2.17. The molecule has 0 aliphatic heterocycles. The summed E-state index contributed by atoms with van der Waals surface area (Å²) >= 11 is 5.57. The van der Waals surface area contributed by atoms with E-state index in [4.69, 9.17) is 16.7 Å². The maximum absolute atomic E-state index is 13.1. The lowest BCUT2D eigenvalue weighted by Gasteiger charge is -2.06. The summed E-state index contributed by atoms with van der Waals surface area (Å²) in [5.74, 6) is -2.24. The van der Waals surface area contributed by atoms with Crippen molar-refractivity contribution < 1.29 is 22.7 Å². The molecule has 0 spiro atoms. The second-order valence-electron chi connectivity index (χ2n) is 4.34. The van der Waals surface area contributed by atoms with Crippen LogP contribution >= 0.6 is 11.6 Å². The van der Waals surface area contributed by atoms with Crippen LogP contribution in [-0.2, 0) is 15.6 Å². The van der Waals surface area contributed by atoms with Crippen LogP contribution in [0.2, 0.25) is 5.02 Å². The molecule has 0 aliphatic carbocycles. The van der Waals surface area contributed by atoms with E-state index in [2.05, 4.69) is 0 Å². The maximum Gasteiger partial charge on any atom is 0.335 e. The molecule has 0 saturated carbocycles. The van der Waals surface area contributed by atoms with Crippen molar-refractivity contribution in [2.24, 2.45) is 0 Å². The molecule has 7 heteroatoms. The summed E-state index contributed by atoms with van der Waals surface area (Å²) in [6.07, 6.45) is 0. The predicted octanol–water partition coefficient (Wildman–Crippen LogP) is 3.15. The number of benzene rings is 2. The fraction of sp³-hybridized carbons (Fsp3) is 0.0714.